The van der Waals surface area contributed by atoms with Crippen molar-refractivity contribution in [2.24, 2.45) is 0 Å². The highest BCUT2D eigenvalue weighted by molar-refractivity contribution is 6.06. The van der Waals surface area contributed by atoms with Crippen LogP contribution in [0.4, 0.5) is 0 Å². The molecule has 0 aliphatic carbocycles. The van der Waals surface area contributed by atoms with Gasteiger partial charge in [-0.15, -0.1) is 0 Å². The van der Waals surface area contributed by atoms with E-state index >= 15 is 0 Å². The molecule has 1 aliphatic heterocycles. The smallest absolute Gasteiger partial charge is 0.207 e. The predicted octanol–water partition coefficient (Wildman–Crippen LogP) is 3.36. The first kappa shape index (κ1) is 11.2. The van der Waals surface area contributed by atoms with Gasteiger partial charge in [0.05, 0.1) is 5.56 Å². The maximum Gasteiger partial charge on any atom is 0.207 e. The van der Waals surface area contributed by atoms with Crippen LogP contribution in [0.1, 0.15) is 46.8 Å². The van der Waals surface area contributed by atoms with Crippen molar-refractivity contribution in [3.05, 3.63) is 28.3 Å². The van der Waals surface area contributed by atoms with Gasteiger partial charge >= 0.3 is 0 Å². The number of hydrogen-bond donors (Lipinski definition) is 0. The normalized spacial score (nSPS) is 18.5. The minimum Gasteiger partial charge on any atom is -0.481 e. The van der Waals surface area contributed by atoms with Crippen LogP contribution in [0.2, 0.25) is 0 Å². The maximum absolute atomic E-state index is 12.1. The number of ether oxygens (including phenoxy) is 1. The first-order valence-corrected chi connectivity index (χ1v) is 5.88. The molecule has 2 nitrogen and oxygen atoms in total. The topological polar surface area (TPSA) is 26.3 Å². The Morgan fingerprint density at radius 1 is 1.25 bits per heavy atom. The van der Waals surface area contributed by atoms with Gasteiger partial charge in [0.2, 0.25) is 5.78 Å². The largest absolute Gasteiger partial charge is 0.481 e. The summed E-state index contributed by atoms with van der Waals surface area (Å²) in [6.07, 6.45) is 1.53. The number of hydrogen-bond acceptors (Lipinski definition) is 2. The molecule has 0 saturated carbocycles. The fourth-order valence-electron chi connectivity index (χ4n) is 2.31. The van der Waals surface area contributed by atoms with Crippen LogP contribution in [0, 0.1) is 20.8 Å². The van der Waals surface area contributed by atoms with Gasteiger partial charge in [0, 0.05) is 0 Å². The van der Waals surface area contributed by atoms with Crippen LogP contribution >= 0.6 is 0 Å². The molecule has 2 heteroatoms. The molecule has 0 radical (unpaired) electrons. The van der Waals surface area contributed by atoms with E-state index < -0.39 is 0 Å². The molecule has 0 saturated heterocycles. The number of carbonyl (C=O) groups excluding carboxylic acids is 1. The van der Waals surface area contributed by atoms with Crippen molar-refractivity contribution in [2.75, 3.05) is 0 Å². The minimum atomic E-state index is -0.251. The van der Waals surface area contributed by atoms with Crippen LogP contribution in [-0.4, -0.2) is 11.9 Å². The van der Waals surface area contributed by atoms with Gasteiger partial charge in [0.1, 0.15) is 5.75 Å². The molecule has 2 rings (SSSR count). The Labute approximate surface area is 96.6 Å². The number of fused-ring (bicyclic) bond motifs is 1. The number of benzene rings is 1. The van der Waals surface area contributed by atoms with Gasteiger partial charge in [-0.1, -0.05) is 19.4 Å². The molecule has 1 heterocycles. The van der Waals surface area contributed by atoms with E-state index in [2.05, 4.69) is 19.9 Å². The van der Waals surface area contributed by atoms with Gasteiger partial charge in [0.25, 0.3) is 0 Å². The second-order valence-electron chi connectivity index (χ2n) is 4.60. The molecule has 1 aromatic carbocycles. The number of carbonyl (C=O) groups is 1. The van der Waals surface area contributed by atoms with Crippen molar-refractivity contribution >= 4 is 5.78 Å². The number of rotatable bonds is 2. The molecule has 0 bridgehead atoms. The van der Waals surface area contributed by atoms with E-state index in [4.69, 9.17) is 4.74 Å². The lowest BCUT2D eigenvalue weighted by Gasteiger charge is -2.10. The summed E-state index contributed by atoms with van der Waals surface area (Å²) in [6.45, 7) is 8.14. The Kier molecular flexibility index (Phi) is 2.75. The Morgan fingerprint density at radius 2 is 1.94 bits per heavy atom. The lowest BCUT2D eigenvalue weighted by atomic mass is 9.96. The Balaban J connectivity index is 2.51. The van der Waals surface area contributed by atoms with Crippen LogP contribution < -0.4 is 4.74 Å². The first-order chi connectivity index (χ1) is 7.56. The summed E-state index contributed by atoms with van der Waals surface area (Å²) in [5, 5.41) is 0. The van der Waals surface area contributed by atoms with Crippen molar-refractivity contribution in [3.63, 3.8) is 0 Å². The van der Waals surface area contributed by atoms with Gasteiger partial charge < -0.3 is 4.74 Å². The van der Waals surface area contributed by atoms with Crippen molar-refractivity contribution in [2.45, 2.75) is 46.6 Å². The van der Waals surface area contributed by atoms with Gasteiger partial charge in [-0.2, -0.15) is 0 Å². The third kappa shape index (κ3) is 1.53. The van der Waals surface area contributed by atoms with Crippen LogP contribution in [0.25, 0.3) is 0 Å². The molecule has 1 aliphatic rings. The van der Waals surface area contributed by atoms with Crippen LogP contribution in [0.15, 0.2) is 6.07 Å². The van der Waals surface area contributed by atoms with E-state index in [1.165, 1.54) is 5.56 Å². The molecule has 86 valence electrons. The highest BCUT2D eigenvalue weighted by Crippen LogP contribution is 2.37. The van der Waals surface area contributed by atoms with Crippen LogP contribution in [0.3, 0.4) is 0 Å². The van der Waals surface area contributed by atoms with Crippen LogP contribution in [0.5, 0.6) is 5.75 Å². The Morgan fingerprint density at radius 3 is 2.56 bits per heavy atom. The highest BCUT2D eigenvalue weighted by Gasteiger charge is 2.34. The SMILES string of the molecule is CCCC1Oc2c(C)c(C)cc(C)c2C1=O. The summed E-state index contributed by atoms with van der Waals surface area (Å²) in [7, 11) is 0. The Bertz CT molecular complexity index is 447. The summed E-state index contributed by atoms with van der Waals surface area (Å²) in [5.74, 6) is 0.985. The standard InChI is InChI=1S/C14H18O2/c1-5-6-11-13(15)12-9(3)7-8(2)10(4)14(12)16-11/h7,11H,5-6H2,1-4H3. The molecule has 0 amide bonds. The molecule has 0 spiro atoms. The average Bonchev–Trinajstić information content (AvgIpc) is 2.55. The molecule has 1 aromatic rings. The van der Waals surface area contributed by atoms with E-state index in [0.717, 1.165) is 35.3 Å². The summed E-state index contributed by atoms with van der Waals surface area (Å²) in [4.78, 5) is 12.1. The predicted molar refractivity (Wildman–Crippen MR) is 64.3 cm³/mol. The van der Waals surface area contributed by atoms with Crippen molar-refractivity contribution < 1.29 is 9.53 Å². The summed E-state index contributed by atoms with van der Waals surface area (Å²) < 4.78 is 5.80. The van der Waals surface area contributed by atoms with Crippen molar-refractivity contribution in [1.29, 1.82) is 0 Å². The monoisotopic (exact) mass is 218 g/mol. The molecule has 1 atom stereocenters. The van der Waals surface area contributed by atoms with E-state index in [1.54, 1.807) is 0 Å². The van der Waals surface area contributed by atoms with E-state index in [-0.39, 0.29) is 11.9 Å². The zero-order chi connectivity index (χ0) is 11.9. The summed E-state index contributed by atoms with van der Waals surface area (Å²) in [6, 6.07) is 2.07. The summed E-state index contributed by atoms with van der Waals surface area (Å²) >= 11 is 0. The highest BCUT2D eigenvalue weighted by atomic mass is 16.5. The second-order valence-corrected chi connectivity index (χ2v) is 4.60. The molecule has 1 unspecified atom stereocenters. The molecule has 0 aromatic heterocycles. The minimum absolute atomic E-state index is 0.164. The number of ketones is 1. The fraction of sp³-hybridized carbons (Fsp3) is 0.500. The first-order valence-electron chi connectivity index (χ1n) is 5.88. The van der Waals surface area contributed by atoms with E-state index in [1.807, 2.05) is 13.8 Å². The lowest BCUT2D eigenvalue weighted by molar-refractivity contribution is 0.0844. The van der Waals surface area contributed by atoms with Gasteiger partial charge in [-0.3, -0.25) is 4.79 Å². The van der Waals surface area contributed by atoms with Gasteiger partial charge in [-0.25, -0.2) is 0 Å². The fourth-order valence-corrected chi connectivity index (χ4v) is 2.31. The quantitative estimate of drug-likeness (QED) is 0.760. The van der Waals surface area contributed by atoms with Gasteiger partial charge in [0.15, 0.2) is 6.10 Å². The van der Waals surface area contributed by atoms with Crippen molar-refractivity contribution in [1.82, 2.24) is 0 Å². The molecular weight excluding hydrogens is 200 g/mol. The van der Waals surface area contributed by atoms with Gasteiger partial charge in [-0.05, 0) is 43.9 Å². The van der Waals surface area contributed by atoms with E-state index in [0.29, 0.717) is 0 Å². The molecular formula is C14H18O2. The maximum atomic E-state index is 12.1. The molecule has 0 fully saturated rings. The Hall–Kier alpha value is -1.31. The third-order valence-corrected chi connectivity index (χ3v) is 3.34. The molecule has 0 N–H and O–H groups in total. The van der Waals surface area contributed by atoms with Crippen molar-refractivity contribution in [3.8, 4) is 5.75 Å². The second kappa shape index (κ2) is 3.93. The average molecular weight is 218 g/mol. The summed E-state index contributed by atoms with van der Waals surface area (Å²) in [5.41, 5.74) is 4.15. The van der Waals surface area contributed by atoms with E-state index in [9.17, 15) is 4.79 Å². The zero-order valence-electron chi connectivity index (χ0n) is 10.4. The number of aryl methyl sites for hydroxylation is 2. The molecule has 16 heavy (non-hydrogen) atoms. The lowest BCUT2D eigenvalue weighted by Crippen LogP contribution is -2.20. The third-order valence-electron chi connectivity index (χ3n) is 3.34. The van der Waals surface area contributed by atoms with Crippen LogP contribution in [-0.2, 0) is 0 Å². The zero-order valence-corrected chi connectivity index (χ0v) is 10.4. The number of Topliss-reactive ketones (excluding diaryl/α,β-unsaturated/α-hetero) is 1.